The molecule has 23 heavy (non-hydrogen) atoms. The lowest BCUT2D eigenvalue weighted by Crippen LogP contribution is -2.26. The summed E-state index contributed by atoms with van der Waals surface area (Å²) in [4.78, 5) is 12.4. The number of phenols is 1. The molecule has 1 aromatic carbocycles. The first-order chi connectivity index (χ1) is 11.0. The number of benzene rings is 1. The number of nitrogens with zero attached hydrogens (tertiary/aromatic N) is 1. The smallest absolute Gasteiger partial charge is 0.338 e. The summed E-state index contributed by atoms with van der Waals surface area (Å²) < 4.78 is 10.6. The normalized spacial score (nSPS) is 17.5. The van der Waals surface area contributed by atoms with Crippen molar-refractivity contribution in [2.45, 2.75) is 26.2 Å². The Labute approximate surface area is 134 Å². The summed E-state index contributed by atoms with van der Waals surface area (Å²) in [6.45, 7) is 3.74. The Kier molecular flexibility index (Phi) is 4.91. The van der Waals surface area contributed by atoms with Gasteiger partial charge in [0.25, 0.3) is 0 Å². The fourth-order valence-corrected chi connectivity index (χ4v) is 2.51. The van der Waals surface area contributed by atoms with Gasteiger partial charge in [0.2, 0.25) is 5.88 Å². The minimum atomic E-state index is -0.677. The fourth-order valence-electron chi connectivity index (χ4n) is 2.51. The number of rotatable bonds is 4. The summed E-state index contributed by atoms with van der Waals surface area (Å²) in [5.41, 5.74) is 6.92. The lowest BCUT2D eigenvalue weighted by Gasteiger charge is -2.27. The van der Waals surface area contributed by atoms with Crippen LogP contribution in [0.4, 0.5) is 0 Å². The lowest BCUT2D eigenvalue weighted by molar-refractivity contribution is -0.139. The highest BCUT2D eigenvalue weighted by atomic mass is 16.5. The molecule has 0 aromatic heterocycles. The first-order valence-corrected chi connectivity index (χ1v) is 7.30. The number of hydrogen-bond donors (Lipinski definition) is 2. The summed E-state index contributed by atoms with van der Waals surface area (Å²) in [5.74, 6) is -0.756. The van der Waals surface area contributed by atoms with Crippen molar-refractivity contribution in [3.8, 4) is 11.8 Å². The first-order valence-electron chi connectivity index (χ1n) is 7.30. The highest BCUT2D eigenvalue weighted by Crippen LogP contribution is 2.40. The standard InChI is InChI=1S/C17H18N2O4/c1-3-13-15(17(21)22-4-2)14(12(9-18)16(19)23-13)10-5-7-11(20)8-6-10/h5-8,14,20H,3-4,19H2,1-2H3. The van der Waals surface area contributed by atoms with Crippen molar-refractivity contribution in [1.29, 1.82) is 5.26 Å². The van der Waals surface area contributed by atoms with Gasteiger partial charge in [-0.05, 0) is 24.6 Å². The van der Waals surface area contributed by atoms with Gasteiger partial charge in [0.1, 0.15) is 23.2 Å². The van der Waals surface area contributed by atoms with E-state index in [0.29, 0.717) is 17.7 Å². The quantitative estimate of drug-likeness (QED) is 0.827. The Morgan fingerprint density at radius 3 is 2.57 bits per heavy atom. The van der Waals surface area contributed by atoms with E-state index in [1.165, 1.54) is 12.1 Å². The molecule has 1 unspecified atom stereocenters. The number of carbonyl (C=O) groups is 1. The average Bonchev–Trinajstić information content (AvgIpc) is 2.54. The lowest BCUT2D eigenvalue weighted by atomic mass is 9.82. The molecule has 0 saturated heterocycles. The van der Waals surface area contributed by atoms with Crippen LogP contribution in [0.2, 0.25) is 0 Å². The minimum Gasteiger partial charge on any atom is -0.508 e. The summed E-state index contributed by atoms with van der Waals surface area (Å²) in [5, 5.41) is 18.9. The molecule has 0 radical (unpaired) electrons. The fraction of sp³-hybridized carbons (Fsp3) is 0.294. The van der Waals surface area contributed by atoms with E-state index < -0.39 is 11.9 Å². The number of allylic oxidation sites excluding steroid dienone is 2. The molecule has 0 saturated carbocycles. The maximum atomic E-state index is 12.4. The third-order valence-electron chi connectivity index (χ3n) is 3.54. The minimum absolute atomic E-state index is 0.0181. The number of phenolic OH excluding ortho intramolecular Hbond substituents is 1. The number of esters is 1. The predicted octanol–water partition coefficient (Wildman–Crippen LogP) is 2.43. The van der Waals surface area contributed by atoms with E-state index >= 15 is 0 Å². The van der Waals surface area contributed by atoms with Crippen LogP contribution >= 0.6 is 0 Å². The summed E-state index contributed by atoms with van der Waals surface area (Å²) in [7, 11) is 0. The van der Waals surface area contributed by atoms with Crippen molar-refractivity contribution in [2.24, 2.45) is 5.73 Å². The van der Waals surface area contributed by atoms with Gasteiger partial charge in [0.15, 0.2) is 0 Å². The molecule has 0 bridgehead atoms. The molecule has 6 heteroatoms. The number of carbonyl (C=O) groups excluding carboxylic acids is 1. The van der Waals surface area contributed by atoms with Gasteiger partial charge in [0.05, 0.1) is 18.1 Å². The second kappa shape index (κ2) is 6.88. The van der Waals surface area contributed by atoms with Crippen molar-refractivity contribution in [3.05, 3.63) is 52.6 Å². The van der Waals surface area contributed by atoms with Crippen LogP contribution in [-0.4, -0.2) is 17.7 Å². The topological polar surface area (TPSA) is 106 Å². The molecule has 2 rings (SSSR count). The first kappa shape index (κ1) is 16.4. The Morgan fingerprint density at radius 1 is 1.39 bits per heavy atom. The van der Waals surface area contributed by atoms with Crippen LogP contribution in [0.5, 0.6) is 5.75 Å². The van der Waals surface area contributed by atoms with Gasteiger partial charge >= 0.3 is 5.97 Å². The largest absolute Gasteiger partial charge is 0.508 e. The molecule has 120 valence electrons. The molecule has 1 heterocycles. The molecular weight excluding hydrogens is 296 g/mol. The molecule has 1 aliphatic rings. The molecule has 0 aliphatic carbocycles. The van der Waals surface area contributed by atoms with E-state index in [0.717, 1.165) is 0 Å². The zero-order chi connectivity index (χ0) is 17.0. The van der Waals surface area contributed by atoms with Crippen LogP contribution in [0.25, 0.3) is 0 Å². The molecule has 0 spiro atoms. The predicted molar refractivity (Wildman–Crippen MR) is 82.7 cm³/mol. The van der Waals surface area contributed by atoms with Gasteiger partial charge in [-0.25, -0.2) is 4.79 Å². The molecule has 1 aliphatic heterocycles. The Balaban J connectivity index is 2.63. The van der Waals surface area contributed by atoms with E-state index in [1.54, 1.807) is 19.1 Å². The van der Waals surface area contributed by atoms with Crippen LogP contribution in [0.1, 0.15) is 31.7 Å². The van der Waals surface area contributed by atoms with Crippen LogP contribution < -0.4 is 5.73 Å². The molecule has 3 N–H and O–H groups in total. The van der Waals surface area contributed by atoms with Crippen LogP contribution in [-0.2, 0) is 14.3 Å². The van der Waals surface area contributed by atoms with E-state index in [2.05, 4.69) is 0 Å². The van der Waals surface area contributed by atoms with Gasteiger partial charge in [-0.1, -0.05) is 19.1 Å². The summed E-state index contributed by atoms with van der Waals surface area (Å²) >= 11 is 0. The van der Waals surface area contributed by atoms with Crippen molar-refractivity contribution < 1.29 is 19.4 Å². The van der Waals surface area contributed by atoms with Crippen LogP contribution in [0, 0.1) is 11.3 Å². The highest BCUT2D eigenvalue weighted by Gasteiger charge is 2.36. The zero-order valence-corrected chi connectivity index (χ0v) is 13.0. The third-order valence-corrected chi connectivity index (χ3v) is 3.54. The zero-order valence-electron chi connectivity index (χ0n) is 13.0. The molecule has 0 amide bonds. The van der Waals surface area contributed by atoms with E-state index in [1.807, 2.05) is 13.0 Å². The second-order valence-electron chi connectivity index (χ2n) is 4.93. The Bertz CT molecular complexity index is 711. The molecule has 6 nitrogen and oxygen atoms in total. The number of ether oxygens (including phenoxy) is 2. The number of nitriles is 1. The molecule has 1 aromatic rings. The number of nitrogens with two attached hydrogens (primary N) is 1. The van der Waals surface area contributed by atoms with Gasteiger partial charge in [-0.2, -0.15) is 5.26 Å². The SMILES string of the molecule is CCOC(=O)C1=C(CC)OC(N)=C(C#N)C1c1ccc(O)cc1. The van der Waals surface area contributed by atoms with Crippen LogP contribution in [0.3, 0.4) is 0 Å². The molecule has 0 fully saturated rings. The average molecular weight is 314 g/mol. The Morgan fingerprint density at radius 2 is 2.04 bits per heavy atom. The summed E-state index contributed by atoms with van der Waals surface area (Å²) in [6, 6.07) is 8.28. The highest BCUT2D eigenvalue weighted by molar-refractivity contribution is 5.92. The van der Waals surface area contributed by atoms with E-state index in [9.17, 15) is 15.2 Å². The maximum absolute atomic E-state index is 12.4. The number of hydrogen-bond acceptors (Lipinski definition) is 6. The summed E-state index contributed by atoms with van der Waals surface area (Å²) in [6.07, 6.45) is 0.433. The van der Waals surface area contributed by atoms with Gasteiger partial charge < -0.3 is 20.3 Å². The second-order valence-corrected chi connectivity index (χ2v) is 4.93. The molecular formula is C17H18N2O4. The van der Waals surface area contributed by atoms with Crippen molar-refractivity contribution in [2.75, 3.05) is 6.61 Å². The van der Waals surface area contributed by atoms with Gasteiger partial charge in [-0.15, -0.1) is 0 Å². The number of aromatic hydroxyl groups is 1. The molecule has 1 atom stereocenters. The van der Waals surface area contributed by atoms with Gasteiger partial charge in [-0.3, -0.25) is 0 Å². The monoisotopic (exact) mass is 314 g/mol. The van der Waals surface area contributed by atoms with Crippen molar-refractivity contribution in [3.63, 3.8) is 0 Å². The van der Waals surface area contributed by atoms with Crippen molar-refractivity contribution in [1.82, 2.24) is 0 Å². The van der Waals surface area contributed by atoms with Crippen LogP contribution in [0.15, 0.2) is 47.1 Å². The third kappa shape index (κ3) is 3.14. The van der Waals surface area contributed by atoms with Gasteiger partial charge in [0, 0.05) is 6.42 Å². The maximum Gasteiger partial charge on any atom is 0.338 e. The van der Waals surface area contributed by atoms with E-state index in [4.69, 9.17) is 15.2 Å². The van der Waals surface area contributed by atoms with E-state index in [-0.39, 0.29) is 29.4 Å². The Hall–Kier alpha value is -2.94. The van der Waals surface area contributed by atoms with Crippen molar-refractivity contribution >= 4 is 5.97 Å².